The maximum Gasteiger partial charge on any atom is 0.339 e. The van der Waals surface area contributed by atoms with Crippen LogP contribution in [0.5, 0.6) is 0 Å². The highest BCUT2D eigenvalue weighted by atomic mass is 32.2. The minimum absolute atomic E-state index is 0.0325. The molecule has 0 aromatic heterocycles. The molecule has 0 unspecified atom stereocenters. The number of thioether (sulfide) groups is 1. The number of nitrogens with one attached hydrogen (secondary N) is 1. The molecule has 4 rings (SSSR count). The highest BCUT2D eigenvalue weighted by Gasteiger charge is 2.42. The van der Waals surface area contributed by atoms with Gasteiger partial charge in [0.1, 0.15) is 12.6 Å². The highest BCUT2D eigenvalue weighted by Crippen LogP contribution is 2.27. The van der Waals surface area contributed by atoms with Gasteiger partial charge in [0.25, 0.3) is 5.91 Å². The monoisotopic (exact) mass is 439 g/mol. The largest absolute Gasteiger partial charge is 0.465 e. The second-order valence-electron chi connectivity index (χ2n) is 7.26. The Labute approximate surface area is 183 Å². The number of para-hydroxylation sites is 1. The average molecular weight is 439 g/mol. The van der Waals surface area contributed by atoms with E-state index in [1.54, 1.807) is 70.1 Å². The number of hydrogen-bond donors (Lipinski definition) is 1. The molecule has 2 aromatic carbocycles. The van der Waals surface area contributed by atoms with Crippen molar-refractivity contribution in [2.75, 3.05) is 30.6 Å². The number of nitrogens with zero attached hydrogens (tertiary/aromatic N) is 2. The number of ether oxygens (including phenoxy) is 1. The molecule has 2 fully saturated rings. The van der Waals surface area contributed by atoms with Crippen LogP contribution < -0.4 is 5.32 Å². The second kappa shape index (κ2) is 8.81. The fourth-order valence-corrected chi connectivity index (χ4v) is 4.80. The molecule has 0 saturated carbocycles. The summed E-state index contributed by atoms with van der Waals surface area (Å²) in [6.07, 6.45) is 0. The molecule has 0 aliphatic carbocycles. The SMILES string of the molecule is COC(=O)c1ccccc1NC(=O)c1ccc(CN2CC(=O)N3CSC[C@@H]3C2=O)cc1. The molecular weight excluding hydrogens is 418 g/mol. The Bertz CT molecular complexity index is 1040. The average Bonchev–Trinajstić information content (AvgIpc) is 3.28. The van der Waals surface area contributed by atoms with E-state index in [1.807, 2.05) is 0 Å². The summed E-state index contributed by atoms with van der Waals surface area (Å²) < 4.78 is 4.74. The molecule has 2 aliphatic heterocycles. The van der Waals surface area contributed by atoms with Gasteiger partial charge in [-0.3, -0.25) is 14.4 Å². The van der Waals surface area contributed by atoms with Gasteiger partial charge in [-0.25, -0.2) is 4.79 Å². The molecule has 9 heteroatoms. The first-order chi connectivity index (χ1) is 15.0. The standard InChI is InChI=1S/C22H21N3O5S/c1-30-22(29)16-4-2-3-5-17(16)23-20(27)15-8-6-14(7-9-15)10-24-11-19(26)25-13-31-12-18(25)21(24)28/h2-9,18H,10-13H2,1H3,(H,23,27)/t18-/m1/s1. The van der Waals surface area contributed by atoms with Crippen LogP contribution in [-0.2, 0) is 20.9 Å². The van der Waals surface area contributed by atoms with Gasteiger partial charge in [-0.1, -0.05) is 24.3 Å². The van der Waals surface area contributed by atoms with Crippen LogP contribution in [0.2, 0.25) is 0 Å². The summed E-state index contributed by atoms with van der Waals surface area (Å²) in [5.74, 6) is 0.233. The van der Waals surface area contributed by atoms with Crippen molar-refractivity contribution in [1.82, 2.24) is 9.80 Å². The zero-order chi connectivity index (χ0) is 22.0. The normalized spacial score (nSPS) is 18.0. The maximum absolute atomic E-state index is 12.7. The lowest BCUT2D eigenvalue weighted by molar-refractivity contribution is -0.153. The summed E-state index contributed by atoms with van der Waals surface area (Å²) in [5.41, 5.74) is 1.86. The molecule has 8 nitrogen and oxygen atoms in total. The number of benzene rings is 2. The van der Waals surface area contributed by atoms with E-state index >= 15 is 0 Å². The van der Waals surface area contributed by atoms with Gasteiger partial charge < -0.3 is 19.9 Å². The number of carbonyl (C=O) groups excluding carboxylic acids is 4. The summed E-state index contributed by atoms with van der Waals surface area (Å²) in [5, 5.41) is 2.72. The Morgan fingerprint density at radius 2 is 1.87 bits per heavy atom. The van der Waals surface area contributed by atoms with Crippen LogP contribution in [-0.4, -0.2) is 64.8 Å². The Morgan fingerprint density at radius 1 is 1.13 bits per heavy atom. The van der Waals surface area contributed by atoms with Crippen LogP contribution in [0.3, 0.4) is 0 Å². The molecule has 1 N–H and O–H groups in total. The number of esters is 1. The summed E-state index contributed by atoms with van der Waals surface area (Å²) in [4.78, 5) is 52.6. The van der Waals surface area contributed by atoms with E-state index in [4.69, 9.17) is 4.74 Å². The van der Waals surface area contributed by atoms with Gasteiger partial charge >= 0.3 is 5.97 Å². The first kappa shape index (κ1) is 20.9. The molecule has 0 bridgehead atoms. The number of carbonyl (C=O) groups is 4. The Hall–Kier alpha value is -3.33. The molecular formula is C22H21N3O5S. The van der Waals surface area contributed by atoms with E-state index in [9.17, 15) is 19.2 Å². The highest BCUT2D eigenvalue weighted by molar-refractivity contribution is 7.99. The molecule has 2 aromatic rings. The smallest absolute Gasteiger partial charge is 0.339 e. The van der Waals surface area contributed by atoms with Crippen LogP contribution in [0.1, 0.15) is 26.3 Å². The Morgan fingerprint density at radius 3 is 2.61 bits per heavy atom. The summed E-state index contributed by atoms with van der Waals surface area (Å²) in [6.45, 7) is 0.384. The summed E-state index contributed by atoms with van der Waals surface area (Å²) >= 11 is 1.59. The third kappa shape index (κ3) is 4.27. The first-order valence-corrected chi connectivity index (χ1v) is 10.9. The molecule has 160 valence electrons. The first-order valence-electron chi connectivity index (χ1n) is 9.71. The van der Waals surface area contributed by atoms with Crippen molar-refractivity contribution in [3.63, 3.8) is 0 Å². The van der Waals surface area contributed by atoms with Crippen molar-refractivity contribution in [1.29, 1.82) is 0 Å². The van der Waals surface area contributed by atoms with E-state index in [0.717, 1.165) is 5.56 Å². The van der Waals surface area contributed by atoms with Crippen molar-refractivity contribution >= 4 is 41.1 Å². The van der Waals surface area contributed by atoms with Crippen molar-refractivity contribution in [2.24, 2.45) is 0 Å². The van der Waals surface area contributed by atoms with Crippen molar-refractivity contribution < 1.29 is 23.9 Å². The fraction of sp³-hybridized carbons (Fsp3) is 0.273. The lowest BCUT2D eigenvalue weighted by Crippen LogP contribution is -2.57. The van der Waals surface area contributed by atoms with Crippen molar-refractivity contribution in [3.8, 4) is 0 Å². The lowest BCUT2D eigenvalue weighted by atomic mass is 10.1. The number of rotatable bonds is 5. The minimum Gasteiger partial charge on any atom is -0.465 e. The van der Waals surface area contributed by atoms with Crippen LogP contribution in [0.25, 0.3) is 0 Å². The molecule has 2 saturated heterocycles. The van der Waals surface area contributed by atoms with E-state index in [2.05, 4.69) is 5.32 Å². The van der Waals surface area contributed by atoms with E-state index < -0.39 is 5.97 Å². The summed E-state index contributed by atoms with van der Waals surface area (Å²) in [6, 6.07) is 13.1. The molecule has 3 amide bonds. The number of piperazine rings is 1. The van der Waals surface area contributed by atoms with Crippen LogP contribution >= 0.6 is 11.8 Å². The number of methoxy groups -OCH3 is 1. The van der Waals surface area contributed by atoms with Gasteiger partial charge in [0, 0.05) is 17.9 Å². The maximum atomic E-state index is 12.7. The zero-order valence-corrected chi connectivity index (χ0v) is 17.7. The third-order valence-electron chi connectivity index (χ3n) is 5.30. The molecule has 0 spiro atoms. The lowest BCUT2D eigenvalue weighted by Gasteiger charge is -2.35. The zero-order valence-electron chi connectivity index (χ0n) is 16.9. The molecule has 31 heavy (non-hydrogen) atoms. The quantitative estimate of drug-likeness (QED) is 0.716. The summed E-state index contributed by atoms with van der Waals surface area (Å²) in [7, 11) is 1.28. The van der Waals surface area contributed by atoms with Gasteiger partial charge in [0.2, 0.25) is 11.8 Å². The van der Waals surface area contributed by atoms with Gasteiger partial charge in [-0.15, -0.1) is 11.8 Å². The predicted octanol–water partition coefficient (Wildman–Crippen LogP) is 1.97. The Balaban J connectivity index is 1.43. The molecule has 2 aliphatic rings. The molecule has 1 atom stereocenters. The van der Waals surface area contributed by atoms with Gasteiger partial charge in [0.15, 0.2) is 0 Å². The van der Waals surface area contributed by atoms with E-state index in [1.165, 1.54) is 7.11 Å². The second-order valence-corrected chi connectivity index (χ2v) is 8.26. The number of fused-ring (bicyclic) bond motifs is 1. The van der Waals surface area contributed by atoms with Crippen LogP contribution in [0, 0.1) is 0 Å². The van der Waals surface area contributed by atoms with Gasteiger partial charge in [0.05, 0.1) is 24.2 Å². The van der Waals surface area contributed by atoms with E-state index in [-0.39, 0.29) is 35.9 Å². The van der Waals surface area contributed by atoms with Crippen LogP contribution in [0.4, 0.5) is 5.69 Å². The van der Waals surface area contributed by atoms with Crippen molar-refractivity contribution in [3.05, 3.63) is 65.2 Å². The minimum atomic E-state index is -0.536. The van der Waals surface area contributed by atoms with Gasteiger partial charge in [-0.05, 0) is 29.8 Å². The Kier molecular flexibility index (Phi) is 5.94. The predicted molar refractivity (Wildman–Crippen MR) is 116 cm³/mol. The van der Waals surface area contributed by atoms with Gasteiger partial charge in [-0.2, -0.15) is 0 Å². The molecule has 0 radical (unpaired) electrons. The topological polar surface area (TPSA) is 96.0 Å². The van der Waals surface area contributed by atoms with E-state index in [0.29, 0.717) is 29.4 Å². The third-order valence-corrected chi connectivity index (χ3v) is 6.31. The number of hydrogen-bond acceptors (Lipinski definition) is 6. The van der Waals surface area contributed by atoms with Crippen LogP contribution in [0.15, 0.2) is 48.5 Å². The molecule has 2 heterocycles. The number of amides is 3. The number of anilines is 1. The van der Waals surface area contributed by atoms with Crippen molar-refractivity contribution in [2.45, 2.75) is 12.6 Å². The fourth-order valence-electron chi connectivity index (χ4n) is 3.63.